The molecule has 3 atom stereocenters. The summed E-state index contributed by atoms with van der Waals surface area (Å²) in [4.78, 5) is 41.1. The molecule has 3 rings (SSSR count). The summed E-state index contributed by atoms with van der Waals surface area (Å²) in [6.07, 6.45) is 0. The van der Waals surface area contributed by atoms with Gasteiger partial charge in [-0.25, -0.2) is 4.39 Å². The topological polar surface area (TPSA) is 105 Å². The first-order chi connectivity index (χ1) is 15.6. The summed E-state index contributed by atoms with van der Waals surface area (Å²) in [5, 5.41) is 5.64. The number of carbonyl (C=O) groups is 3. The van der Waals surface area contributed by atoms with Crippen LogP contribution in [0.4, 0.5) is 4.39 Å². The fraction of sp³-hybridized carbons (Fsp3) is 0.400. The Morgan fingerprint density at radius 2 is 1.74 bits per heavy atom. The molecule has 2 aromatic rings. The van der Waals surface area contributed by atoms with E-state index < -0.39 is 35.3 Å². The normalized spacial score (nSPS) is 18.6. The van der Waals surface area contributed by atoms with Crippen molar-refractivity contribution in [2.75, 3.05) is 7.05 Å². The van der Waals surface area contributed by atoms with Crippen LogP contribution in [0.15, 0.2) is 42.5 Å². The first kappa shape index (κ1) is 27.3. The molecule has 3 amide bonds. The lowest BCUT2D eigenvalue weighted by Gasteiger charge is -2.40. The number of benzene rings is 2. The van der Waals surface area contributed by atoms with Crippen molar-refractivity contribution in [3.05, 3.63) is 70.5 Å². The van der Waals surface area contributed by atoms with Crippen molar-refractivity contribution in [3.63, 3.8) is 0 Å². The zero-order chi connectivity index (χ0) is 24.5. The van der Waals surface area contributed by atoms with Gasteiger partial charge >= 0.3 is 0 Å². The molecule has 0 aromatic heterocycles. The van der Waals surface area contributed by atoms with E-state index in [9.17, 15) is 14.4 Å². The SMILES string of the molecule is CN[C@@H](C)C(=O)N[C@H](C(=O)N1Cc2ccccc2C1(C(N)=O)c1c(C)cccc1F)C(C)C.Cl. The number of rotatable bonds is 7. The number of nitrogens with zero attached hydrogens (tertiary/aromatic N) is 1. The van der Waals surface area contributed by atoms with Crippen LogP contribution in [-0.4, -0.2) is 41.8 Å². The van der Waals surface area contributed by atoms with E-state index in [-0.39, 0.29) is 36.3 Å². The van der Waals surface area contributed by atoms with E-state index in [2.05, 4.69) is 10.6 Å². The zero-order valence-electron chi connectivity index (χ0n) is 20.0. The van der Waals surface area contributed by atoms with E-state index in [1.54, 1.807) is 71.1 Å². The highest BCUT2D eigenvalue weighted by Gasteiger charge is 2.56. The average molecular weight is 491 g/mol. The Kier molecular flexibility index (Phi) is 8.45. The number of halogens is 2. The number of hydrogen-bond donors (Lipinski definition) is 3. The summed E-state index contributed by atoms with van der Waals surface area (Å²) in [6, 6.07) is 10.0. The molecular weight excluding hydrogens is 459 g/mol. The van der Waals surface area contributed by atoms with E-state index in [0.717, 1.165) is 0 Å². The van der Waals surface area contributed by atoms with Gasteiger partial charge in [0, 0.05) is 12.1 Å². The predicted molar refractivity (Wildman–Crippen MR) is 131 cm³/mol. The molecule has 7 nitrogen and oxygen atoms in total. The van der Waals surface area contributed by atoms with Crippen molar-refractivity contribution in [1.29, 1.82) is 0 Å². The highest BCUT2D eigenvalue weighted by atomic mass is 35.5. The van der Waals surface area contributed by atoms with Crippen LogP contribution in [-0.2, 0) is 26.5 Å². The van der Waals surface area contributed by atoms with Crippen LogP contribution < -0.4 is 16.4 Å². The quantitative estimate of drug-likeness (QED) is 0.554. The Balaban J connectivity index is 0.00000408. The zero-order valence-corrected chi connectivity index (χ0v) is 20.8. The summed E-state index contributed by atoms with van der Waals surface area (Å²) >= 11 is 0. The second-order valence-corrected chi connectivity index (χ2v) is 8.83. The monoisotopic (exact) mass is 490 g/mol. The minimum Gasteiger partial charge on any atom is -0.367 e. The van der Waals surface area contributed by atoms with Crippen molar-refractivity contribution in [2.45, 2.75) is 51.9 Å². The van der Waals surface area contributed by atoms with Crippen LogP contribution in [0.1, 0.15) is 43.0 Å². The van der Waals surface area contributed by atoms with Crippen LogP contribution in [0.2, 0.25) is 0 Å². The van der Waals surface area contributed by atoms with Gasteiger partial charge in [-0.1, -0.05) is 50.2 Å². The molecule has 184 valence electrons. The molecule has 2 aromatic carbocycles. The summed E-state index contributed by atoms with van der Waals surface area (Å²) in [5.74, 6) is -2.63. The van der Waals surface area contributed by atoms with Gasteiger partial charge < -0.3 is 21.3 Å². The third-order valence-corrected chi connectivity index (χ3v) is 6.40. The second-order valence-electron chi connectivity index (χ2n) is 8.83. The molecule has 1 unspecified atom stereocenters. The molecule has 1 heterocycles. The van der Waals surface area contributed by atoms with Crippen LogP contribution in [0, 0.1) is 18.7 Å². The van der Waals surface area contributed by atoms with Gasteiger partial charge in [0.1, 0.15) is 11.9 Å². The van der Waals surface area contributed by atoms with Crippen LogP contribution in [0.3, 0.4) is 0 Å². The summed E-state index contributed by atoms with van der Waals surface area (Å²) in [6.45, 7) is 7.03. The first-order valence-electron chi connectivity index (χ1n) is 11.0. The molecule has 0 spiro atoms. The van der Waals surface area contributed by atoms with E-state index in [1.165, 1.54) is 11.0 Å². The minimum atomic E-state index is -1.84. The van der Waals surface area contributed by atoms with Crippen molar-refractivity contribution in [1.82, 2.24) is 15.5 Å². The molecule has 0 saturated heterocycles. The van der Waals surface area contributed by atoms with E-state index >= 15 is 4.39 Å². The van der Waals surface area contributed by atoms with Gasteiger partial charge in [0.25, 0.3) is 5.91 Å². The summed E-state index contributed by atoms with van der Waals surface area (Å²) in [7, 11) is 1.65. The number of likely N-dealkylation sites (N-methyl/N-ethyl adjacent to an activating group) is 1. The van der Waals surface area contributed by atoms with Crippen LogP contribution in [0.25, 0.3) is 0 Å². The minimum absolute atomic E-state index is 0. The van der Waals surface area contributed by atoms with Crippen molar-refractivity contribution >= 4 is 30.1 Å². The lowest BCUT2D eigenvalue weighted by atomic mass is 9.79. The maximum Gasteiger partial charge on any atom is 0.252 e. The molecule has 0 fully saturated rings. The fourth-order valence-corrected chi connectivity index (χ4v) is 4.53. The number of primary amides is 1. The third-order valence-electron chi connectivity index (χ3n) is 6.40. The number of carbonyl (C=O) groups excluding carboxylic acids is 3. The number of fused-ring (bicyclic) bond motifs is 1. The van der Waals surface area contributed by atoms with Crippen LogP contribution in [0.5, 0.6) is 0 Å². The predicted octanol–water partition coefficient (Wildman–Crippen LogP) is 2.38. The lowest BCUT2D eigenvalue weighted by Crippen LogP contribution is -2.61. The molecule has 34 heavy (non-hydrogen) atoms. The Bertz CT molecular complexity index is 1070. The molecule has 1 aliphatic heterocycles. The van der Waals surface area contributed by atoms with Gasteiger partial charge in [-0.05, 0) is 49.6 Å². The molecule has 4 N–H and O–H groups in total. The number of nitrogens with two attached hydrogens (primary N) is 1. The van der Waals surface area contributed by atoms with Crippen molar-refractivity contribution < 1.29 is 18.8 Å². The fourth-order valence-electron chi connectivity index (χ4n) is 4.53. The van der Waals surface area contributed by atoms with Crippen LogP contribution >= 0.6 is 12.4 Å². The van der Waals surface area contributed by atoms with Crippen molar-refractivity contribution in [2.24, 2.45) is 11.7 Å². The van der Waals surface area contributed by atoms with E-state index in [4.69, 9.17) is 5.73 Å². The molecule has 9 heteroatoms. The number of nitrogens with one attached hydrogen (secondary N) is 2. The van der Waals surface area contributed by atoms with Gasteiger partial charge in [-0.3, -0.25) is 14.4 Å². The molecule has 0 saturated carbocycles. The Morgan fingerprint density at radius 3 is 2.29 bits per heavy atom. The first-order valence-corrected chi connectivity index (χ1v) is 11.0. The molecular formula is C25H32ClFN4O3. The summed E-state index contributed by atoms with van der Waals surface area (Å²) in [5.41, 5.74) is 5.87. The van der Waals surface area contributed by atoms with E-state index in [0.29, 0.717) is 16.7 Å². The summed E-state index contributed by atoms with van der Waals surface area (Å²) < 4.78 is 15.3. The standard InChI is InChI=1S/C25H31FN4O3.ClH/c1-14(2)21(29-22(31)16(4)28-5)23(32)30-13-17-10-6-7-11-18(17)25(30,24(27)33)20-15(3)9-8-12-19(20)26;/h6-12,14,16,21,28H,13H2,1-5H3,(H2,27,33)(H,29,31);1H/t16-,21-,25?;/m0./s1. The Labute approximate surface area is 205 Å². The number of hydrogen-bond acceptors (Lipinski definition) is 4. The van der Waals surface area contributed by atoms with Gasteiger partial charge in [0.15, 0.2) is 5.54 Å². The molecule has 0 aliphatic carbocycles. The van der Waals surface area contributed by atoms with E-state index in [1.807, 2.05) is 0 Å². The smallest absolute Gasteiger partial charge is 0.252 e. The molecule has 0 radical (unpaired) electrons. The van der Waals surface area contributed by atoms with Gasteiger partial charge in [-0.2, -0.15) is 0 Å². The average Bonchev–Trinajstić information content (AvgIpc) is 3.12. The number of aryl methyl sites for hydroxylation is 1. The Hall–Kier alpha value is -2.97. The van der Waals surface area contributed by atoms with Gasteiger partial charge in [0.05, 0.1) is 6.04 Å². The maximum absolute atomic E-state index is 15.3. The maximum atomic E-state index is 15.3. The highest BCUT2D eigenvalue weighted by molar-refractivity contribution is 5.99. The van der Waals surface area contributed by atoms with Crippen molar-refractivity contribution in [3.8, 4) is 0 Å². The lowest BCUT2D eigenvalue weighted by molar-refractivity contribution is -0.148. The third kappa shape index (κ3) is 4.40. The molecule has 0 bridgehead atoms. The second kappa shape index (κ2) is 10.5. The highest BCUT2D eigenvalue weighted by Crippen LogP contribution is 2.46. The van der Waals surface area contributed by atoms with Gasteiger partial charge in [-0.15, -0.1) is 12.4 Å². The largest absolute Gasteiger partial charge is 0.367 e. The molecule has 1 aliphatic rings. The Morgan fingerprint density at radius 1 is 1.09 bits per heavy atom. The van der Waals surface area contributed by atoms with Gasteiger partial charge in [0.2, 0.25) is 11.8 Å². The number of amides is 3.